The maximum atomic E-state index is 13.4. The van der Waals surface area contributed by atoms with E-state index in [9.17, 15) is 12.8 Å². The van der Waals surface area contributed by atoms with Crippen LogP contribution in [0.5, 0.6) is 11.5 Å². The lowest BCUT2D eigenvalue weighted by Crippen LogP contribution is -2.35. The lowest BCUT2D eigenvalue weighted by atomic mass is 10.2. The third-order valence-electron chi connectivity index (χ3n) is 4.22. The Morgan fingerprint density at radius 3 is 2.23 bits per heavy atom. The van der Waals surface area contributed by atoms with Crippen LogP contribution < -0.4 is 9.47 Å². The second-order valence-corrected chi connectivity index (χ2v) is 8.00. The minimum Gasteiger partial charge on any atom is -0.490 e. The van der Waals surface area contributed by atoms with Crippen molar-refractivity contribution in [2.75, 3.05) is 26.3 Å². The first kappa shape index (κ1) is 18.7. The highest BCUT2D eigenvalue weighted by molar-refractivity contribution is 7.89. The summed E-state index contributed by atoms with van der Waals surface area (Å²) in [6, 6.07) is 12.5. The Balaban J connectivity index is 1.52. The molecule has 0 N–H and O–H groups in total. The summed E-state index contributed by atoms with van der Waals surface area (Å²) in [5.41, 5.74) is 0. The summed E-state index contributed by atoms with van der Waals surface area (Å²) in [5, 5.41) is 0. The number of sulfonamides is 1. The molecule has 140 valence electrons. The molecule has 0 spiro atoms. The number of ether oxygens (including phenoxy) is 2. The molecule has 2 aromatic rings. The third kappa shape index (κ3) is 4.53. The second-order valence-electron chi connectivity index (χ2n) is 6.06. The van der Waals surface area contributed by atoms with Gasteiger partial charge in [-0.2, -0.15) is 4.31 Å². The van der Waals surface area contributed by atoms with Crippen LogP contribution in [0.2, 0.25) is 0 Å². The number of rotatable bonds is 7. The Morgan fingerprint density at radius 2 is 1.54 bits per heavy atom. The molecule has 7 heteroatoms. The molecule has 1 fully saturated rings. The zero-order valence-corrected chi connectivity index (χ0v) is 15.3. The van der Waals surface area contributed by atoms with Crippen molar-refractivity contribution in [1.82, 2.24) is 4.31 Å². The van der Waals surface area contributed by atoms with Gasteiger partial charge in [0, 0.05) is 13.1 Å². The van der Waals surface area contributed by atoms with Crippen LogP contribution in [-0.2, 0) is 10.0 Å². The highest BCUT2D eigenvalue weighted by Gasteiger charge is 2.25. The molecule has 3 rings (SSSR count). The van der Waals surface area contributed by atoms with Gasteiger partial charge in [-0.3, -0.25) is 0 Å². The average molecular weight is 379 g/mol. The summed E-state index contributed by atoms with van der Waals surface area (Å²) in [5.74, 6) is 0.304. The maximum Gasteiger partial charge on any atom is 0.243 e. The molecule has 0 atom stereocenters. The van der Waals surface area contributed by atoms with E-state index in [2.05, 4.69) is 0 Å². The number of halogens is 1. The van der Waals surface area contributed by atoms with E-state index in [1.165, 1.54) is 10.4 Å². The predicted octanol–water partition coefficient (Wildman–Crippen LogP) is 3.46. The van der Waals surface area contributed by atoms with E-state index >= 15 is 0 Å². The predicted molar refractivity (Wildman–Crippen MR) is 96.4 cm³/mol. The van der Waals surface area contributed by atoms with Crippen LogP contribution in [0.3, 0.4) is 0 Å². The Bertz CT molecular complexity index is 818. The van der Waals surface area contributed by atoms with Gasteiger partial charge < -0.3 is 9.47 Å². The van der Waals surface area contributed by atoms with E-state index in [-0.39, 0.29) is 23.9 Å². The van der Waals surface area contributed by atoms with Gasteiger partial charge in [-0.1, -0.05) is 18.6 Å². The molecule has 5 nitrogen and oxygen atoms in total. The number of benzene rings is 2. The molecule has 2 aromatic carbocycles. The van der Waals surface area contributed by atoms with Crippen molar-refractivity contribution in [3.63, 3.8) is 0 Å². The quantitative estimate of drug-likeness (QED) is 0.692. The Kier molecular flexibility index (Phi) is 6.11. The van der Waals surface area contributed by atoms with E-state index in [0.717, 1.165) is 19.3 Å². The monoisotopic (exact) mass is 379 g/mol. The fourth-order valence-electron chi connectivity index (χ4n) is 2.84. The first-order valence-corrected chi connectivity index (χ1v) is 10.1. The highest BCUT2D eigenvalue weighted by atomic mass is 32.2. The molecule has 0 aliphatic carbocycles. The molecular weight excluding hydrogens is 357 g/mol. The first-order chi connectivity index (χ1) is 12.6. The number of para-hydroxylation sites is 1. The SMILES string of the molecule is O=S(=O)(c1ccc(OCCOc2ccccc2F)cc1)N1CCCCC1. The molecule has 1 saturated heterocycles. The van der Waals surface area contributed by atoms with Crippen molar-refractivity contribution in [3.8, 4) is 11.5 Å². The number of hydrogen-bond acceptors (Lipinski definition) is 4. The topological polar surface area (TPSA) is 55.8 Å². The fraction of sp³-hybridized carbons (Fsp3) is 0.368. The van der Waals surface area contributed by atoms with Crippen LogP contribution in [0.4, 0.5) is 4.39 Å². The van der Waals surface area contributed by atoms with Gasteiger partial charge in [0.25, 0.3) is 0 Å². The maximum absolute atomic E-state index is 13.4. The Hall–Kier alpha value is -2.12. The molecule has 26 heavy (non-hydrogen) atoms. The standard InChI is InChI=1S/C19H22FNO4S/c20-18-6-2-3-7-19(18)25-15-14-24-16-8-10-17(11-9-16)26(22,23)21-12-4-1-5-13-21/h2-3,6-11H,1,4-5,12-15H2. The summed E-state index contributed by atoms with van der Waals surface area (Å²) < 4.78 is 51.0. The first-order valence-electron chi connectivity index (χ1n) is 8.68. The molecule has 0 unspecified atom stereocenters. The van der Waals surface area contributed by atoms with Crippen LogP contribution in [0, 0.1) is 5.82 Å². The van der Waals surface area contributed by atoms with Gasteiger partial charge in [-0.05, 0) is 49.2 Å². The van der Waals surface area contributed by atoms with Crippen molar-refractivity contribution in [2.24, 2.45) is 0 Å². The zero-order chi connectivity index (χ0) is 18.4. The largest absolute Gasteiger partial charge is 0.490 e. The summed E-state index contributed by atoms with van der Waals surface area (Å²) in [4.78, 5) is 0.273. The van der Waals surface area contributed by atoms with Gasteiger partial charge in [0.05, 0.1) is 4.90 Å². The van der Waals surface area contributed by atoms with Gasteiger partial charge in [0.1, 0.15) is 19.0 Å². The minimum absolute atomic E-state index is 0.180. The number of hydrogen-bond donors (Lipinski definition) is 0. The van der Waals surface area contributed by atoms with Crippen molar-refractivity contribution in [1.29, 1.82) is 0 Å². The van der Waals surface area contributed by atoms with Gasteiger partial charge in [-0.15, -0.1) is 0 Å². The molecule has 0 radical (unpaired) electrons. The number of nitrogens with zero attached hydrogens (tertiary/aromatic N) is 1. The lowest BCUT2D eigenvalue weighted by Gasteiger charge is -2.25. The van der Waals surface area contributed by atoms with E-state index in [1.54, 1.807) is 42.5 Å². The third-order valence-corrected chi connectivity index (χ3v) is 6.14. The molecule has 0 aromatic heterocycles. The molecule has 1 aliphatic heterocycles. The van der Waals surface area contributed by atoms with Crippen LogP contribution in [0.1, 0.15) is 19.3 Å². The number of piperidine rings is 1. The fourth-order valence-corrected chi connectivity index (χ4v) is 4.35. The highest BCUT2D eigenvalue weighted by Crippen LogP contribution is 2.22. The summed E-state index contributed by atoms with van der Waals surface area (Å²) >= 11 is 0. The zero-order valence-electron chi connectivity index (χ0n) is 14.4. The second kappa shape index (κ2) is 8.51. The van der Waals surface area contributed by atoms with Gasteiger partial charge in [0.15, 0.2) is 11.6 Å². The normalized spacial score (nSPS) is 15.6. The van der Waals surface area contributed by atoms with E-state index in [1.807, 2.05) is 0 Å². The Labute approximate surface area is 153 Å². The van der Waals surface area contributed by atoms with Crippen LogP contribution in [0.15, 0.2) is 53.4 Å². The average Bonchev–Trinajstić information content (AvgIpc) is 2.67. The molecule has 0 amide bonds. The molecular formula is C19H22FNO4S. The summed E-state index contributed by atoms with van der Waals surface area (Å²) in [6.07, 6.45) is 2.89. The van der Waals surface area contributed by atoms with Crippen LogP contribution in [0.25, 0.3) is 0 Å². The van der Waals surface area contributed by atoms with Crippen molar-refractivity contribution < 1.29 is 22.3 Å². The van der Waals surface area contributed by atoms with Crippen molar-refractivity contribution in [3.05, 3.63) is 54.3 Å². The van der Waals surface area contributed by atoms with Gasteiger partial charge in [-0.25, -0.2) is 12.8 Å². The summed E-state index contributed by atoms with van der Waals surface area (Å²) in [7, 11) is -3.43. The molecule has 1 aliphatic rings. The molecule has 0 bridgehead atoms. The van der Waals surface area contributed by atoms with Crippen molar-refractivity contribution >= 4 is 10.0 Å². The Morgan fingerprint density at radius 1 is 0.885 bits per heavy atom. The lowest BCUT2D eigenvalue weighted by molar-refractivity contribution is 0.211. The van der Waals surface area contributed by atoms with Crippen LogP contribution in [-0.4, -0.2) is 39.0 Å². The minimum atomic E-state index is -3.43. The smallest absolute Gasteiger partial charge is 0.243 e. The van der Waals surface area contributed by atoms with Crippen molar-refractivity contribution in [2.45, 2.75) is 24.2 Å². The molecule has 1 heterocycles. The van der Waals surface area contributed by atoms with Crippen LogP contribution >= 0.6 is 0 Å². The molecule has 0 saturated carbocycles. The van der Waals surface area contributed by atoms with Gasteiger partial charge in [0.2, 0.25) is 10.0 Å². The van der Waals surface area contributed by atoms with E-state index in [4.69, 9.17) is 9.47 Å². The summed E-state index contributed by atoms with van der Waals surface area (Å²) in [6.45, 7) is 1.57. The van der Waals surface area contributed by atoms with E-state index in [0.29, 0.717) is 18.8 Å². The van der Waals surface area contributed by atoms with Gasteiger partial charge >= 0.3 is 0 Å². The van der Waals surface area contributed by atoms with E-state index < -0.39 is 15.8 Å².